The number of nitrogens with zero attached hydrogens (tertiary/aromatic N) is 3. The molecule has 1 fully saturated rings. The number of aromatic nitrogens is 3. The highest BCUT2D eigenvalue weighted by Gasteiger charge is 2.22. The van der Waals surface area contributed by atoms with Crippen molar-refractivity contribution in [3.63, 3.8) is 0 Å². The molecule has 90 valence electrons. The van der Waals surface area contributed by atoms with Gasteiger partial charge in [-0.1, -0.05) is 18.9 Å². The topological polar surface area (TPSA) is 42.2 Å². The minimum atomic E-state index is 0.468. The Hall–Kier alpha value is -1.58. The summed E-state index contributed by atoms with van der Waals surface area (Å²) in [5.74, 6) is 1.53. The third kappa shape index (κ3) is 2.12. The van der Waals surface area contributed by atoms with Crippen molar-refractivity contribution in [2.24, 2.45) is 5.92 Å². The Morgan fingerprint density at radius 2 is 2.18 bits per heavy atom. The maximum Gasteiger partial charge on any atom is 0.243 e. The molecule has 0 aliphatic heterocycles. The van der Waals surface area contributed by atoms with Gasteiger partial charge < -0.3 is 5.32 Å². The highest BCUT2D eigenvalue weighted by Crippen LogP contribution is 2.28. The number of fused-ring (bicyclic) bond motifs is 1. The Morgan fingerprint density at radius 1 is 1.35 bits per heavy atom. The van der Waals surface area contributed by atoms with Crippen LogP contribution in [0.4, 0.5) is 5.95 Å². The molecule has 0 saturated heterocycles. The van der Waals surface area contributed by atoms with Gasteiger partial charge in [-0.05, 0) is 37.8 Å². The van der Waals surface area contributed by atoms with Crippen molar-refractivity contribution in [1.82, 2.24) is 14.6 Å². The van der Waals surface area contributed by atoms with E-state index in [2.05, 4.69) is 22.3 Å². The zero-order chi connectivity index (χ0) is 11.7. The molecule has 4 heteroatoms. The number of hydrogen-bond donors (Lipinski definition) is 1. The van der Waals surface area contributed by atoms with E-state index in [1.165, 1.54) is 25.7 Å². The van der Waals surface area contributed by atoms with Gasteiger partial charge in [0.05, 0.1) is 0 Å². The van der Waals surface area contributed by atoms with Gasteiger partial charge in [-0.25, -0.2) is 4.52 Å². The summed E-state index contributed by atoms with van der Waals surface area (Å²) in [6.07, 6.45) is 7.33. The van der Waals surface area contributed by atoms with Crippen molar-refractivity contribution >= 4 is 11.6 Å². The van der Waals surface area contributed by atoms with Gasteiger partial charge in [0.15, 0.2) is 5.65 Å². The van der Waals surface area contributed by atoms with Crippen LogP contribution >= 0.6 is 0 Å². The molecule has 1 N–H and O–H groups in total. The fraction of sp³-hybridized carbons (Fsp3) is 0.538. The van der Waals surface area contributed by atoms with Crippen LogP contribution in [-0.2, 0) is 0 Å². The number of hydrogen-bond acceptors (Lipinski definition) is 3. The van der Waals surface area contributed by atoms with Crippen LogP contribution in [0.25, 0.3) is 5.65 Å². The van der Waals surface area contributed by atoms with Gasteiger partial charge in [0.1, 0.15) is 0 Å². The highest BCUT2D eigenvalue weighted by atomic mass is 15.3. The first-order valence-electron chi connectivity index (χ1n) is 6.41. The molecule has 0 bridgehead atoms. The number of rotatable bonds is 3. The standard InChI is InChI=1S/C13H18N4/c1-10(11-6-2-3-7-11)14-13-15-12-8-4-5-9-17(12)16-13/h4-5,8-11H,2-3,6-7H2,1H3,(H,14,16). The summed E-state index contributed by atoms with van der Waals surface area (Å²) in [4.78, 5) is 4.46. The molecule has 1 saturated carbocycles. The Bertz CT molecular complexity index is 466. The summed E-state index contributed by atoms with van der Waals surface area (Å²) < 4.78 is 1.81. The molecule has 1 aliphatic rings. The molecule has 0 amide bonds. The fourth-order valence-corrected chi connectivity index (χ4v) is 2.67. The van der Waals surface area contributed by atoms with Crippen LogP contribution in [-0.4, -0.2) is 20.6 Å². The molecule has 2 aromatic heterocycles. The number of anilines is 1. The lowest BCUT2D eigenvalue weighted by Gasteiger charge is -2.18. The molecule has 1 unspecified atom stereocenters. The van der Waals surface area contributed by atoms with Crippen LogP contribution in [0.5, 0.6) is 0 Å². The molecule has 2 heterocycles. The van der Waals surface area contributed by atoms with Gasteiger partial charge in [0, 0.05) is 12.2 Å². The Kier molecular flexibility index (Phi) is 2.71. The first kappa shape index (κ1) is 10.6. The Balaban J connectivity index is 1.75. The van der Waals surface area contributed by atoms with E-state index in [0.29, 0.717) is 6.04 Å². The number of nitrogens with one attached hydrogen (secondary N) is 1. The van der Waals surface area contributed by atoms with Crippen molar-refractivity contribution in [2.45, 2.75) is 38.6 Å². The normalized spacial score (nSPS) is 18.6. The second-order valence-corrected chi connectivity index (χ2v) is 4.92. The quantitative estimate of drug-likeness (QED) is 0.881. The van der Waals surface area contributed by atoms with Gasteiger partial charge in [-0.3, -0.25) is 0 Å². The van der Waals surface area contributed by atoms with E-state index in [1.54, 1.807) is 0 Å². The third-order valence-corrected chi connectivity index (χ3v) is 3.71. The largest absolute Gasteiger partial charge is 0.350 e. The van der Waals surface area contributed by atoms with Crippen molar-refractivity contribution in [1.29, 1.82) is 0 Å². The average Bonchev–Trinajstić information content (AvgIpc) is 2.97. The van der Waals surface area contributed by atoms with Crippen LogP contribution in [0, 0.1) is 5.92 Å². The van der Waals surface area contributed by atoms with Crippen LogP contribution < -0.4 is 5.32 Å². The van der Waals surface area contributed by atoms with E-state index in [0.717, 1.165) is 17.5 Å². The van der Waals surface area contributed by atoms with Crippen LogP contribution in [0.15, 0.2) is 24.4 Å². The molecule has 0 spiro atoms. The minimum absolute atomic E-state index is 0.468. The van der Waals surface area contributed by atoms with Gasteiger partial charge in [0.25, 0.3) is 0 Å². The maximum absolute atomic E-state index is 4.46. The lowest BCUT2D eigenvalue weighted by atomic mass is 10.0. The summed E-state index contributed by atoms with van der Waals surface area (Å²) in [5.41, 5.74) is 0.897. The van der Waals surface area contributed by atoms with Gasteiger partial charge in [-0.15, -0.1) is 5.10 Å². The molecule has 17 heavy (non-hydrogen) atoms. The molecule has 3 rings (SSSR count). The SMILES string of the molecule is CC(Nc1nc2ccccn2n1)C1CCCC1. The van der Waals surface area contributed by atoms with Crippen LogP contribution in [0.1, 0.15) is 32.6 Å². The predicted molar refractivity (Wildman–Crippen MR) is 68.0 cm³/mol. The average molecular weight is 230 g/mol. The second-order valence-electron chi connectivity index (χ2n) is 4.92. The first-order valence-corrected chi connectivity index (χ1v) is 6.41. The molecule has 4 nitrogen and oxygen atoms in total. The van der Waals surface area contributed by atoms with Gasteiger partial charge in [-0.2, -0.15) is 4.98 Å². The zero-order valence-electron chi connectivity index (χ0n) is 10.1. The highest BCUT2D eigenvalue weighted by molar-refractivity contribution is 5.43. The predicted octanol–water partition coefficient (Wildman–Crippen LogP) is 2.72. The van der Waals surface area contributed by atoms with Crippen molar-refractivity contribution < 1.29 is 0 Å². The van der Waals surface area contributed by atoms with E-state index >= 15 is 0 Å². The minimum Gasteiger partial charge on any atom is -0.350 e. The zero-order valence-corrected chi connectivity index (χ0v) is 10.1. The summed E-state index contributed by atoms with van der Waals surface area (Å²) in [6, 6.07) is 6.38. The van der Waals surface area contributed by atoms with Gasteiger partial charge >= 0.3 is 0 Å². The van der Waals surface area contributed by atoms with Crippen molar-refractivity contribution in [3.8, 4) is 0 Å². The Labute approximate surface area is 101 Å². The van der Waals surface area contributed by atoms with E-state index in [4.69, 9.17) is 0 Å². The lowest BCUT2D eigenvalue weighted by molar-refractivity contribution is 0.480. The molecule has 1 aliphatic carbocycles. The molecule has 0 aromatic carbocycles. The first-order chi connectivity index (χ1) is 8.33. The molecule has 1 atom stereocenters. The fourth-order valence-electron chi connectivity index (χ4n) is 2.67. The summed E-state index contributed by atoms with van der Waals surface area (Å²) in [6.45, 7) is 2.24. The lowest BCUT2D eigenvalue weighted by Crippen LogP contribution is -2.24. The molecular weight excluding hydrogens is 212 g/mol. The van der Waals surface area contributed by atoms with E-state index in [-0.39, 0.29) is 0 Å². The molecular formula is C13H18N4. The molecule has 2 aromatic rings. The van der Waals surface area contributed by atoms with Crippen LogP contribution in [0.3, 0.4) is 0 Å². The third-order valence-electron chi connectivity index (χ3n) is 3.71. The number of pyridine rings is 1. The van der Waals surface area contributed by atoms with E-state index in [1.807, 2.05) is 28.9 Å². The second kappa shape index (κ2) is 4.35. The summed E-state index contributed by atoms with van der Waals surface area (Å²) in [5, 5.41) is 7.85. The Morgan fingerprint density at radius 3 is 2.94 bits per heavy atom. The maximum atomic E-state index is 4.46. The van der Waals surface area contributed by atoms with E-state index in [9.17, 15) is 0 Å². The van der Waals surface area contributed by atoms with E-state index < -0.39 is 0 Å². The summed E-state index contributed by atoms with van der Waals surface area (Å²) >= 11 is 0. The monoisotopic (exact) mass is 230 g/mol. The smallest absolute Gasteiger partial charge is 0.243 e. The van der Waals surface area contributed by atoms with Crippen molar-refractivity contribution in [2.75, 3.05) is 5.32 Å². The summed E-state index contributed by atoms with van der Waals surface area (Å²) in [7, 11) is 0. The van der Waals surface area contributed by atoms with Crippen LogP contribution in [0.2, 0.25) is 0 Å². The van der Waals surface area contributed by atoms with Crippen molar-refractivity contribution in [3.05, 3.63) is 24.4 Å². The molecule has 0 radical (unpaired) electrons. The van der Waals surface area contributed by atoms with Gasteiger partial charge in [0.2, 0.25) is 5.95 Å².